The Balaban J connectivity index is 1.37. The van der Waals surface area contributed by atoms with Crippen LogP contribution < -0.4 is 4.74 Å². The van der Waals surface area contributed by atoms with Gasteiger partial charge in [0.15, 0.2) is 24.2 Å². The molecule has 2 aliphatic rings. The van der Waals surface area contributed by atoms with E-state index in [1.54, 1.807) is 24.3 Å². The van der Waals surface area contributed by atoms with Crippen LogP contribution in [0.3, 0.4) is 0 Å². The van der Waals surface area contributed by atoms with E-state index in [4.69, 9.17) is 63.8 Å². The number of benzene rings is 3. The highest BCUT2D eigenvalue weighted by molar-refractivity contribution is 7.79. The van der Waals surface area contributed by atoms with E-state index in [0.29, 0.717) is 10.6 Å². The molecule has 0 N–H and O–H groups in total. The molecular formula is C28H24Cl2O7S. The maximum Gasteiger partial charge on any atom is 0.358 e. The largest absolute Gasteiger partial charge is 0.452 e. The summed E-state index contributed by atoms with van der Waals surface area (Å²) < 4.78 is 35.8. The van der Waals surface area contributed by atoms with Gasteiger partial charge in [0.2, 0.25) is 0 Å². The van der Waals surface area contributed by atoms with Crippen LogP contribution in [0.25, 0.3) is 0 Å². The van der Waals surface area contributed by atoms with Crippen molar-refractivity contribution in [2.24, 2.45) is 0 Å². The van der Waals surface area contributed by atoms with E-state index in [-0.39, 0.29) is 29.2 Å². The van der Waals surface area contributed by atoms with Crippen molar-refractivity contribution in [2.75, 3.05) is 13.2 Å². The topological polar surface area (TPSA) is 72.5 Å². The SMILES string of the molecule is Cc1ccc(C(=O)OC2COC3COC(c4ccccc4)O[C@H]3[C@H]2OC(=S)Oc2ccc(Cl)cc2Cl)cc1. The van der Waals surface area contributed by atoms with Crippen LogP contribution >= 0.6 is 35.4 Å². The van der Waals surface area contributed by atoms with Gasteiger partial charge in [0.05, 0.1) is 23.8 Å². The zero-order valence-corrected chi connectivity index (χ0v) is 22.6. The molecule has 10 heteroatoms. The number of fused-ring (bicyclic) bond motifs is 1. The van der Waals surface area contributed by atoms with Crippen LogP contribution in [0.5, 0.6) is 5.75 Å². The van der Waals surface area contributed by atoms with Crippen LogP contribution in [0.15, 0.2) is 72.8 Å². The van der Waals surface area contributed by atoms with Crippen LogP contribution in [-0.4, -0.2) is 48.8 Å². The molecule has 2 fully saturated rings. The van der Waals surface area contributed by atoms with Crippen LogP contribution in [0, 0.1) is 6.92 Å². The minimum Gasteiger partial charge on any atom is -0.452 e. The zero-order valence-electron chi connectivity index (χ0n) is 20.3. The Morgan fingerprint density at radius 3 is 2.45 bits per heavy atom. The second kappa shape index (κ2) is 12.0. The number of hydrogen-bond donors (Lipinski definition) is 0. The minimum absolute atomic E-state index is 0.0521. The Morgan fingerprint density at radius 1 is 0.947 bits per heavy atom. The van der Waals surface area contributed by atoms with E-state index in [0.717, 1.165) is 11.1 Å². The molecule has 0 saturated carbocycles. The van der Waals surface area contributed by atoms with Crippen molar-refractivity contribution in [2.45, 2.75) is 37.6 Å². The number of hydrogen-bond acceptors (Lipinski definition) is 8. The van der Waals surface area contributed by atoms with Crippen LogP contribution in [0.4, 0.5) is 0 Å². The summed E-state index contributed by atoms with van der Waals surface area (Å²) in [4.78, 5) is 13.0. The molecule has 0 spiro atoms. The highest BCUT2D eigenvalue weighted by Crippen LogP contribution is 2.35. The number of ether oxygens (including phenoxy) is 6. The lowest BCUT2D eigenvalue weighted by molar-refractivity contribution is -0.312. The van der Waals surface area contributed by atoms with E-state index in [9.17, 15) is 4.79 Å². The minimum atomic E-state index is -0.850. The third-order valence-electron chi connectivity index (χ3n) is 6.16. The van der Waals surface area contributed by atoms with E-state index in [1.807, 2.05) is 49.4 Å². The molecule has 2 aliphatic heterocycles. The molecule has 0 amide bonds. The highest BCUT2D eigenvalue weighted by Gasteiger charge is 2.49. The normalized spacial score (nSPS) is 24.7. The third-order valence-corrected chi connectivity index (χ3v) is 6.87. The molecule has 0 radical (unpaired) electrons. The lowest BCUT2D eigenvalue weighted by Crippen LogP contribution is -2.60. The average Bonchev–Trinajstić information content (AvgIpc) is 2.92. The molecule has 0 aliphatic carbocycles. The maximum absolute atomic E-state index is 13.0. The third kappa shape index (κ3) is 6.29. The zero-order chi connectivity index (χ0) is 26.6. The molecule has 198 valence electrons. The highest BCUT2D eigenvalue weighted by atomic mass is 35.5. The summed E-state index contributed by atoms with van der Waals surface area (Å²) in [6, 6.07) is 21.3. The Kier molecular flexibility index (Phi) is 8.48. The van der Waals surface area contributed by atoms with Gasteiger partial charge in [0, 0.05) is 22.8 Å². The fraction of sp³-hybridized carbons (Fsp3) is 0.286. The van der Waals surface area contributed by atoms with Gasteiger partial charge in [-0.05, 0) is 37.3 Å². The van der Waals surface area contributed by atoms with E-state index in [2.05, 4.69) is 0 Å². The van der Waals surface area contributed by atoms with Gasteiger partial charge in [0.1, 0.15) is 12.2 Å². The monoisotopic (exact) mass is 574 g/mol. The molecule has 2 saturated heterocycles. The molecule has 5 rings (SSSR count). The fourth-order valence-electron chi connectivity index (χ4n) is 4.21. The molecule has 38 heavy (non-hydrogen) atoms. The Hall–Kier alpha value is -2.72. The molecule has 7 nitrogen and oxygen atoms in total. The summed E-state index contributed by atoms with van der Waals surface area (Å²) in [5, 5.41) is 0.497. The first kappa shape index (κ1) is 26.9. The first-order valence-electron chi connectivity index (χ1n) is 11.9. The summed E-state index contributed by atoms with van der Waals surface area (Å²) in [7, 11) is 0. The van der Waals surface area contributed by atoms with Gasteiger partial charge >= 0.3 is 11.2 Å². The second-order valence-corrected chi connectivity index (χ2v) is 10.0. The Morgan fingerprint density at radius 2 is 1.71 bits per heavy atom. The van der Waals surface area contributed by atoms with Crippen molar-refractivity contribution in [3.05, 3.63) is 99.5 Å². The lowest BCUT2D eigenvalue weighted by Gasteiger charge is -2.45. The predicted molar refractivity (Wildman–Crippen MR) is 145 cm³/mol. The summed E-state index contributed by atoms with van der Waals surface area (Å²) in [6.07, 6.45) is -3.52. The summed E-state index contributed by atoms with van der Waals surface area (Å²) >= 11 is 17.6. The van der Waals surface area contributed by atoms with E-state index < -0.39 is 36.7 Å². The van der Waals surface area contributed by atoms with Crippen molar-refractivity contribution in [1.29, 1.82) is 0 Å². The van der Waals surface area contributed by atoms with Crippen molar-refractivity contribution in [3.8, 4) is 5.75 Å². The van der Waals surface area contributed by atoms with Gasteiger partial charge in [-0.15, -0.1) is 0 Å². The number of rotatable bonds is 5. The Bertz CT molecular complexity index is 1290. The predicted octanol–water partition coefficient (Wildman–Crippen LogP) is 6.09. The van der Waals surface area contributed by atoms with Gasteiger partial charge in [0.25, 0.3) is 0 Å². The number of halogens is 2. The van der Waals surface area contributed by atoms with Crippen LogP contribution in [-0.2, 0) is 23.7 Å². The molecule has 3 aromatic rings. The smallest absolute Gasteiger partial charge is 0.358 e. The van der Waals surface area contributed by atoms with Crippen LogP contribution in [0.1, 0.15) is 27.8 Å². The van der Waals surface area contributed by atoms with Gasteiger partial charge in [-0.3, -0.25) is 0 Å². The second-order valence-electron chi connectivity index (χ2n) is 8.87. The van der Waals surface area contributed by atoms with Gasteiger partial charge in [-0.25, -0.2) is 4.79 Å². The van der Waals surface area contributed by atoms with Gasteiger partial charge in [-0.2, -0.15) is 0 Å². The average molecular weight is 575 g/mol. The van der Waals surface area contributed by atoms with Crippen LogP contribution in [0.2, 0.25) is 10.0 Å². The number of aryl methyl sites for hydroxylation is 1. The molecule has 5 atom stereocenters. The first-order valence-corrected chi connectivity index (χ1v) is 13.1. The lowest BCUT2D eigenvalue weighted by atomic mass is 9.98. The molecule has 0 bridgehead atoms. The maximum atomic E-state index is 13.0. The summed E-state index contributed by atoms with van der Waals surface area (Å²) in [5.41, 5.74) is 2.26. The summed E-state index contributed by atoms with van der Waals surface area (Å²) in [5.74, 6) is -0.252. The van der Waals surface area contributed by atoms with E-state index >= 15 is 0 Å². The molecular weight excluding hydrogens is 551 g/mol. The Labute approximate surface area is 235 Å². The number of esters is 1. The van der Waals surface area contributed by atoms with Crippen molar-refractivity contribution in [1.82, 2.24) is 0 Å². The summed E-state index contributed by atoms with van der Waals surface area (Å²) in [6.45, 7) is 2.24. The molecule has 0 aromatic heterocycles. The molecule has 3 unspecified atom stereocenters. The van der Waals surface area contributed by atoms with Gasteiger partial charge < -0.3 is 28.4 Å². The molecule has 2 heterocycles. The molecule has 3 aromatic carbocycles. The first-order chi connectivity index (χ1) is 18.4. The fourth-order valence-corrected chi connectivity index (χ4v) is 4.86. The van der Waals surface area contributed by atoms with Crippen molar-refractivity contribution < 1.29 is 33.2 Å². The van der Waals surface area contributed by atoms with E-state index in [1.165, 1.54) is 6.07 Å². The number of thiocarbonyl (C=S) groups is 1. The van der Waals surface area contributed by atoms with Gasteiger partial charge in [-0.1, -0.05) is 71.2 Å². The quantitative estimate of drug-likeness (QED) is 0.268. The number of carbonyl (C=O) groups excluding carboxylic acids is 1. The standard InChI is InChI=1S/C28H24Cl2O7S/c1-16-7-9-17(10-8-16)26(31)34-23-15-32-22-14-33-27(18-5-3-2-4-6-18)36-24(22)25(23)37-28(38)35-21-12-11-19(29)13-20(21)30/h2-13,22-25,27H,14-15H2,1H3/t22?,23?,24-,25+,27?/m1/s1. The van der Waals surface area contributed by atoms with Crippen molar-refractivity contribution >= 4 is 46.6 Å². The van der Waals surface area contributed by atoms with Crippen molar-refractivity contribution in [3.63, 3.8) is 0 Å². The number of carbonyl (C=O) groups is 1.